The summed E-state index contributed by atoms with van der Waals surface area (Å²) in [4.78, 5) is 0. The summed E-state index contributed by atoms with van der Waals surface area (Å²) in [6, 6.07) is 9.51. The van der Waals surface area contributed by atoms with Gasteiger partial charge >= 0.3 is 0 Å². The lowest BCUT2D eigenvalue weighted by molar-refractivity contribution is 0.415. The van der Waals surface area contributed by atoms with Crippen LogP contribution in [0.4, 0.5) is 4.39 Å². The van der Waals surface area contributed by atoms with Crippen molar-refractivity contribution in [1.82, 2.24) is 0 Å². The maximum absolute atomic E-state index is 13.3. The van der Waals surface area contributed by atoms with Crippen LogP contribution in [0, 0.1) is 12.7 Å². The van der Waals surface area contributed by atoms with E-state index in [0.717, 1.165) is 16.7 Å². The Morgan fingerprint density at radius 1 is 1.21 bits per heavy atom. The number of halogens is 2. The molecule has 0 radical (unpaired) electrons. The first-order chi connectivity index (χ1) is 9.02. The van der Waals surface area contributed by atoms with Gasteiger partial charge in [0.2, 0.25) is 0 Å². The number of aryl methyl sites for hydroxylation is 1. The van der Waals surface area contributed by atoms with Crippen molar-refractivity contribution in [2.24, 2.45) is 5.73 Å². The van der Waals surface area contributed by atoms with Crippen LogP contribution in [-0.2, 0) is 0 Å². The number of benzene rings is 2. The normalized spacial score (nSPS) is 12.3. The average molecular weight is 280 g/mol. The molecule has 1 unspecified atom stereocenters. The van der Waals surface area contributed by atoms with Gasteiger partial charge < -0.3 is 10.5 Å². The van der Waals surface area contributed by atoms with E-state index in [4.69, 9.17) is 22.1 Å². The molecule has 0 amide bonds. The molecule has 19 heavy (non-hydrogen) atoms. The van der Waals surface area contributed by atoms with E-state index < -0.39 is 6.04 Å². The molecule has 2 N–H and O–H groups in total. The number of ether oxygens (including phenoxy) is 1. The fourth-order valence-electron chi connectivity index (χ4n) is 2.00. The van der Waals surface area contributed by atoms with Gasteiger partial charge in [-0.05, 0) is 47.9 Å². The maximum Gasteiger partial charge on any atom is 0.137 e. The van der Waals surface area contributed by atoms with Crippen molar-refractivity contribution in [2.45, 2.75) is 13.0 Å². The topological polar surface area (TPSA) is 35.2 Å². The molecule has 1 atom stereocenters. The molecule has 2 rings (SSSR count). The van der Waals surface area contributed by atoms with Crippen molar-refractivity contribution < 1.29 is 9.13 Å². The third-order valence-corrected chi connectivity index (χ3v) is 3.41. The smallest absolute Gasteiger partial charge is 0.137 e. The van der Waals surface area contributed by atoms with Gasteiger partial charge in [0.25, 0.3) is 0 Å². The van der Waals surface area contributed by atoms with Crippen molar-refractivity contribution in [2.75, 3.05) is 7.11 Å². The highest BCUT2D eigenvalue weighted by Gasteiger charge is 2.14. The maximum atomic E-state index is 13.3. The van der Waals surface area contributed by atoms with Gasteiger partial charge in [0.1, 0.15) is 11.6 Å². The highest BCUT2D eigenvalue weighted by atomic mass is 35.5. The van der Waals surface area contributed by atoms with Crippen LogP contribution in [0.15, 0.2) is 36.4 Å². The van der Waals surface area contributed by atoms with Crippen LogP contribution < -0.4 is 10.5 Å². The summed E-state index contributed by atoms with van der Waals surface area (Å²) in [5, 5.41) is 0.490. The summed E-state index contributed by atoms with van der Waals surface area (Å²) >= 11 is 6.08. The van der Waals surface area contributed by atoms with Crippen LogP contribution >= 0.6 is 11.6 Å². The number of rotatable bonds is 3. The summed E-state index contributed by atoms with van der Waals surface area (Å²) in [5.41, 5.74) is 8.70. The molecule has 4 heteroatoms. The molecule has 0 aromatic heterocycles. The van der Waals surface area contributed by atoms with Crippen LogP contribution in [0.25, 0.3) is 0 Å². The summed E-state index contributed by atoms with van der Waals surface area (Å²) in [7, 11) is 1.55. The molecule has 0 bridgehead atoms. The Bertz CT molecular complexity index is 601. The fourth-order valence-corrected chi connectivity index (χ4v) is 2.27. The molecule has 0 saturated heterocycles. The monoisotopic (exact) mass is 279 g/mol. The average Bonchev–Trinajstić information content (AvgIpc) is 2.40. The van der Waals surface area contributed by atoms with E-state index in [9.17, 15) is 4.39 Å². The zero-order valence-electron chi connectivity index (χ0n) is 10.8. The number of hydrogen-bond donors (Lipinski definition) is 1. The van der Waals surface area contributed by atoms with Gasteiger partial charge in [-0.25, -0.2) is 4.39 Å². The van der Waals surface area contributed by atoms with Crippen molar-refractivity contribution in [3.63, 3.8) is 0 Å². The minimum absolute atomic E-state index is 0.296. The zero-order valence-corrected chi connectivity index (χ0v) is 11.5. The molecule has 100 valence electrons. The summed E-state index contributed by atoms with van der Waals surface area (Å²) < 4.78 is 18.4. The first-order valence-corrected chi connectivity index (χ1v) is 6.26. The predicted octanol–water partition coefficient (Wildman–Crippen LogP) is 3.84. The Morgan fingerprint density at radius 3 is 2.58 bits per heavy atom. The summed E-state index contributed by atoms with van der Waals surface area (Å²) in [6.07, 6.45) is 0. The lowest BCUT2D eigenvalue weighted by atomic mass is 9.95. The van der Waals surface area contributed by atoms with E-state index in [1.165, 1.54) is 12.1 Å². The molecule has 0 heterocycles. The largest absolute Gasteiger partial charge is 0.495 e. The number of hydrogen-bond acceptors (Lipinski definition) is 2. The van der Waals surface area contributed by atoms with Crippen molar-refractivity contribution in [3.8, 4) is 5.75 Å². The third kappa shape index (κ3) is 2.88. The first-order valence-electron chi connectivity index (χ1n) is 5.88. The van der Waals surface area contributed by atoms with Crippen LogP contribution in [0.3, 0.4) is 0 Å². The molecule has 2 aromatic carbocycles. The Kier molecular flexibility index (Phi) is 4.08. The molecule has 0 aliphatic rings. The molecule has 0 aliphatic heterocycles. The Hall–Kier alpha value is -1.58. The minimum Gasteiger partial charge on any atom is -0.495 e. The predicted molar refractivity (Wildman–Crippen MR) is 75.2 cm³/mol. The van der Waals surface area contributed by atoms with Crippen LogP contribution in [0.2, 0.25) is 5.02 Å². The molecule has 0 fully saturated rings. The number of nitrogens with two attached hydrogens (primary N) is 1. The molecule has 0 saturated carbocycles. The van der Waals surface area contributed by atoms with Gasteiger partial charge in [-0.1, -0.05) is 23.7 Å². The van der Waals surface area contributed by atoms with Crippen molar-refractivity contribution >= 4 is 11.6 Å². The third-order valence-electron chi connectivity index (χ3n) is 3.11. The highest BCUT2D eigenvalue weighted by Crippen LogP contribution is 2.30. The molecular formula is C15H15ClFNO. The first kappa shape index (κ1) is 13.8. The molecule has 2 aromatic rings. The lowest BCUT2D eigenvalue weighted by Crippen LogP contribution is -2.13. The van der Waals surface area contributed by atoms with Gasteiger partial charge in [0.05, 0.1) is 18.2 Å². The second-order valence-electron chi connectivity index (χ2n) is 4.37. The van der Waals surface area contributed by atoms with E-state index in [1.807, 2.05) is 13.0 Å². The zero-order chi connectivity index (χ0) is 14.0. The van der Waals surface area contributed by atoms with Gasteiger partial charge in [0, 0.05) is 0 Å². The van der Waals surface area contributed by atoms with Gasteiger partial charge in [-0.3, -0.25) is 0 Å². The van der Waals surface area contributed by atoms with Crippen LogP contribution in [0.5, 0.6) is 5.75 Å². The fraction of sp³-hybridized carbons (Fsp3) is 0.200. The highest BCUT2D eigenvalue weighted by molar-refractivity contribution is 6.32. The molecule has 2 nitrogen and oxygen atoms in total. The molecular weight excluding hydrogens is 265 g/mol. The lowest BCUT2D eigenvalue weighted by Gasteiger charge is -2.16. The van der Waals surface area contributed by atoms with Crippen LogP contribution in [0.1, 0.15) is 22.7 Å². The van der Waals surface area contributed by atoms with E-state index in [0.29, 0.717) is 10.8 Å². The quantitative estimate of drug-likeness (QED) is 0.926. The van der Waals surface area contributed by atoms with E-state index in [1.54, 1.807) is 25.3 Å². The van der Waals surface area contributed by atoms with E-state index >= 15 is 0 Å². The van der Waals surface area contributed by atoms with Gasteiger partial charge in [-0.2, -0.15) is 0 Å². The van der Waals surface area contributed by atoms with E-state index in [2.05, 4.69) is 0 Å². The van der Waals surface area contributed by atoms with Gasteiger partial charge in [-0.15, -0.1) is 0 Å². The Balaban J connectivity index is 2.41. The Morgan fingerprint density at radius 2 is 1.95 bits per heavy atom. The van der Waals surface area contributed by atoms with E-state index in [-0.39, 0.29) is 5.82 Å². The second kappa shape index (κ2) is 5.59. The molecule has 0 aliphatic carbocycles. The van der Waals surface area contributed by atoms with Crippen molar-refractivity contribution in [3.05, 3.63) is 63.9 Å². The molecule has 0 spiro atoms. The summed E-state index contributed by atoms with van der Waals surface area (Å²) in [5.74, 6) is 0.296. The standard InChI is InChI=1S/C15H15ClFNO/c1-9-3-5-11(17)8-12(9)15(18)10-4-6-14(19-2)13(16)7-10/h3-8,15H,18H2,1-2H3. The number of methoxy groups -OCH3 is 1. The Labute approximate surface area is 117 Å². The van der Waals surface area contributed by atoms with Crippen molar-refractivity contribution in [1.29, 1.82) is 0 Å². The summed E-state index contributed by atoms with van der Waals surface area (Å²) in [6.45, 7) is 1.90. The van der Waals surface area contributed by atoms with Crippen LogP contribution in [-0.4, -0.2) is 7.11 Å². The SMILES string of the molecule is COc1ccc(C(N)c2cc(F)ccc2C)cc1Cl. The second-order valence-corrected chi connectivity index (χ2v) is 4.78. The van der Waals surface area contributed by atoms with Gasteiger partial charge in [0.15, 0.2) is 0 Å². The minimum atomic E-state index is -0.417.